The molecule has 116 valence electrons. The lowest BCUT2D eigenvalue weighted by Gasteiger charge is -2.41. The Morgan fingerprint density at radius 2 is 1.86 bits per heavy atom. The predicted molar refractivity (Wildman–Crippen MR) is 86.6 cm³/mol. The third-order valence-corrected chi connectivity index (χ3v) is 4.88. The molecular weight excluding hydrogens is 284 g/mol. The average molecular weight is 309 g/mol. The number of rotatable bonds is 4. The molecule has 1 aromatic rings. The van der Waals surface area contributed by atoms with Crippen LogP contribution in [0.3, 0.4) is 0 Å². The van der Waals surface area contributed by atoms with Crippen molar-refractivity contribution < 1.29 is 5.11 Å². The summed E-state index contributed by atoms with van der Waals surface area (Å²) >= 11 is 6.06. The molecule has 1 aromatic carbocycles. The summed E-state index contributed by atoms with van der Waals surface area (Å²) in [5.41, 5.74) is 0.689. The molecule has 0 spiro atoms. The molecule has 3 rings (SSSR count). The maximum atomic E-state index is 10.9. The molecule has 0 bridgehead atoms. The van der Waals surface area contributed by atoms with Crippen molar-refractivity contribution in [3.8, 4) is 0 Å². The molecule has 2 fully saturated rings. The van der Waals surface area contributed by atoms with E-state index in [0.717, 1.165) is 57.1 Å². The second kappa shape index (κ2) is 6.66. The summed E-state index contributed by atoms with van der Waals surface area (Å²) in [7, 11) is 0. The van der Waals surface area contributed by atoms with E-state index < -0.39 is 5.60 Å². The van der Waals surface area contributed by atoms with Crippen molar-refractivity contribution in [2.45, 2.75) is 37.8 Å². The fraction of sp³-hybridized carbons (Fsp3) is 0.647. The number of likely N-dealkylation sites (tertiary alicyclic amines) is 2. The van der Waals surface area contributed by atoms with E-state index in [1.165, 1.54) is 18.4 Å². The molecule has 1 atom stereocenters. The molecule has 0 radical (unpaired) electrons. The van der Waals surface area contributed by atoms with Gasteiger partial charge in [-0.1, -0.05) is 23.7 Å². The zero-order chi connectivity index (χ0) is 14.7. The van der Waals surface area contributed by atoms with Crippen molar-refractivity contribution in [2.75, 3.05) is 32.7 Å². The average Bonchev–Trinajstić information content (AvgIpc) is 2.91. The number of halogens is 1. The lowest BCUT2D eigenvalue weighted by molar-refractivity contribution is -0.0519. The Morgan fingerprint density at radius 3 is 2.62 bits per heavy atom. The van der Waals surface area contributed by atoms with E-state index >= 15 is 0 Å². The Bertz CT molecular complexity index is 476. The smallest absolute Gasteiger partial charge is 0.0900 e. The standard InChI is InChI=1S/C17H25ClN2O/c18-16-6-3-5-15(11-16)12-20-10-4-7-17(21,14-20)13-19-8-1-2-9-19/h3,5-6,11,21H,1-2,4,7-10,12-14H2/t17-/m0/s1. The van der Waals surface area contributed by atoms with Crippen molar-refractivity contribution in [3.63, 3.8) is 0 Å². The van der Waals surface area contributed by atoms with Gasteiger partial charge in [-0.3, -0.25) is 4.90 Å². The fourth-order valence-electron chi connectivity index (χ4n) is 3.72. The summed E-state index contributed by atoms with van der Waals surface area (Å²) in [6, 6.07) is 8.04. The van der Waals surface area contributed by atoms with Gasteiger partial charge in [0.15, 0.2) is 0 Å². The van der Waals surface area contributed by atoms with Crippen LogP contribution in [-0.2, 0) is 6.54 Å². The van der Waals surface area contributed by atoms with Crippen LogP contribution < -0.4 is 0 Å². The molecule has 1 N–H and O–H groups in total. The second-order valence-electron chi connectivity index (χ2n) is 6.65. The highest BCUT2D eigenvalue weighted by Crippen LogP contribution is 2.25. The minimum atomic E-state index is -0.541. The van der Waals surface area contributed by atoms with Gasteiger partial charge in [-0.05, 0) is 63.0 Å². The number of piperidine rings is 1. The van der Waals surface area contributed by atoms with E-state index in [0.29, 0.717) is 0 Å². The Morgan fingerprint density at radius 1 is 1.10 bits per heavy atom. The molecule has 0 unspecified atom stereocenters. The molecular formula is C17H25ClN2O. The molecule has 0 aliphatic carbocycles. The molecule has 3 nitrogen and oxygen atoms in total. The van der Waals surface area contributed by atoms with Crippen LogP contribution in [0.5, 0.6) is 0 Å². The topological polar surface area (TPSA) is 26.7 Å². The van der Waals surface area contributed by atoms with Gasteiger partial charge >= 0.3 is 0 Å². The van der Waals surface area contributed by atoms with E-state index in [1.54, 1.807) is 0 Å². The number of hydrogen-bond acceptors (Lipinski definition) is 3. The molecule has 4 heteroatoms. The summed E-state index contributed by atoms with van der Waals surface area (Å²) in [6.07, 6.45) is 4.56. The molecule has 2 aliphatic rings. The van der Waals surface area contributed by atoms with E-state index in [-0.39, 0.29) is 0 Å². The third kappa shape index (κ3) is 4.19. The maximum Gasteiger partial charge on any atom is 0.0900 e. The van der Waals surface area contributed by atoms with Gasteiger partial charge < -0.3 is 10.0 Å². The summed E-state index contributed by atoms with van der Waals surface area (Å²) in [6.45, 7) is 5.85. The first-order valence-electron chi connectivity index (χ1n) is 8.05. The zero-order valence-electron chi connectivity index (χ0n) is 12.6. The highest BCUT2D eigenvalue weighted by atomic mass is 35.5. The van der Waals surface area contributed by atoms with E-state index in [2.05, 4.69) is 15.9 Å². The molecule has 0 amide bonds. The number of hydrogen-bond donors (Lipinski definition) is 1. The van der Waals surface area contributed by atoms with Crippen molar-refractivity contribution >= 4 is 11.6 Å². The number of β-amino-alcohol motifs (C(OH)–C–C–N with tert-alkyl or cyclic N) is 1. The minimum absolute atomic E-state index is 0.541. The second-order valence-corrected chi connectivity index (χ2v) is 7.09. The third-order valence-electron chi connectivity index (χ3n) is 4.65. The Balaban J connectivity index is 1.59. The molecule has 2 saturated heterocycles. The summed E-state index contributed by atoms with van der Waals surface area (Å²) in [5.74, 6) is 0. The first-order valence-corrected chi connectivity index (χ1v) is 8.42. The van der Waals surface area contributed by atoms with Gasteiger partial charge in [0.05, 0.1) is 5.60 Å². The van der Waals surface area contributed by atoms with Crippen LogP contribution in [0.1, 0.15) is 31.2 Å². The summed E-state index contributed by atoms with van der Waals surface area (Å²) < 4.78 is 0. The van der Waals surface area contributed by atoms with Crippen LogP contribution in [0.2, 0.25) is 5.02 Å². The lowest BCUT2D eigenvalue weighted by atomic mass is 9.92. The van der Waals surface area contributed by atoms with E-state index in [4.69, 9.17) is 11.6 Å². The number of benzene rings is 1. The number of aliphatic hydroxyl groups is 1. The highest BCUT2D eigenvalue weighted by Gasteiger charge is 2.35. The highest BCUT2D eigenvalue weighted by molar-refractivity contribution is 6.30. The molecule has 21 heavy (non-hydrogen) atoms. The van der Waals surface area contributed by atoms with E-state index in [9.17, 15) is 5.11 Å². The Kier molecular flexibility index (Phi) is 4.85. The molecule has 2 heterocycles. The SMILES string of the molecule is O[C@]1(CN2CCCC2)CCCN(Cc2cccc(Cl)c2)C1. The van der Waals surface area contributed by atoms with Gasteiger partial charge in [0.1, 0.15) is 0 Å². The Hall–Kier alpha value is -0.610. The molecule has 0 aromatic heterocycles. The first kappa shape index (κ1) is 15.3. The summed E-state index contributed by atoms with van der Waals surface area (Å²) in [4.78, 5) is 4.79. The molecule has 2 aliphatic heterocycles. The first-order chi connectivity index (χ1) is 10.1. The Labute approximate surface area is 132 Å². The molecule has 0 saturated carbocycles. The lowest BCUT2D eigenvalue weighted by Crippen LogP contribution is -2.53. The van der Waals surface area contributed by atoms with Crippen molar-refractivity contribution in [2.24, 2.45) is 0 Å². The van der Waals surface area contributed by atoms with Gasteiger partial charge in [-0.2, -0.15) is 0 Å². The summed E-state index contributed by atoms with van der Waals surface area (Å²) in [5, 5.41) is 11.7. The van der Waals surface area contributed by atoms with Crippen molar-refractivity contribution in [3.05, 3.63) is 34.9 Å². The fourth-order valence-corrected chi connectivity index (χ4v) is 3.93. The van der Waals surface area contributed by atoms with Crippen LogP contribution in [0.15, 0.2) is 24.3 Å². The largest absolute Gasteiger partial charge is 0.387 e. The maximum absolute atomic E-state index is 10.9. The van der Waals surface area contributed by atoms with Crippen LogP contribution in [-0.4, -0.2) is 53.2 Å². The van der Waals surface area contributed by atoms with E-state index in [1.807, 2.05) is 18.2 Å². The van der Waals surface area contributed by atoms with Gasteiger partial charge in [-0.25, -0.2) is 0 Å². The zero-order valence-corrected chi connectivity index (χ0v) is 13.4. The number of nitrogens with zero attached hydrogens (tertiary/aromatic N) is 2. The van der Waals surface area contributed by atoms with Gasteiger partial charge in [0.2, 0.25) is 0 Å². The van der Waals surface area contributed by atoms with Gasteiger partial charge in [-0.15, -0.1) is 0 Å². The monoisotopic (exact) mass is 308 g/mol. The van der Waals surface area contributed by atoms with Crippen molar-refractivity contribution in [1.29, 1.82) is 0 Å². The van der Waals surface area contributed by atoms with Crippen LogP contribution in [0.25, 0.3) is 0 Å². The van der Waals surface area contributed by atoms with Crippen LogP contribution in [0.4, 0.5) is 0 Å². The van der Waals surface area contributed by atoms with Crippen molar-refractivity contribution in [1.82, 2.24) is 9.80 Å². The van der Waals surface area contributed by atoms with Crippen LogP contribution >= 0.6 is 11.6 Å². The predicted octanol–water partition coefficient (Wildman–Crippen LogP) is 2.76. The minimum Gasteiger partial charge on any atom is -0.387 e. The van der Waals surface area contributed by atoms with Crippen LogP contribution in [0, 0.1) is 0 Å². The normalized spacial score (nSPS) is 28.1. The van der Waals surface area contributed by atoms with Gasteiger partial charge in [0.25, 0.3) is 0 Å². The van der Waals surface area contributed by atoms with Gasteiger partial charge in [0, 0.05) is 24.7 Å². The quantitative estimate of drug-likeness (QED) is 0.926.